The standard InChI is InChI=1S/C11H11F3O/c1-2-4-10(15)8-5-3-6-9(7-8)11(12,13)14/h2-3,5-7,10,15H,1,4H2/t10-/m1/s1. The molecule has 4 heteroatoms. The van der Waals surface area contributed by atoms with Gasteiger partial charge < -0.3 is 5.11 Å². The molecule has 0 aliphatic carbocycles. The lowest BCUT2D eigenvalue weighted by Gasteiger charge is -2.11. The van der Waals surface area contributed by atoms with E-state index in [1.54, 1.807) is 0 Å². The van der Waals surface area contributed by atoms with Crippen LogP contribution in [0.1, 0.15) is 23.7 Å². The molecule has 82 valence electrons. The van der Waals surface area contributed by atoms with Crippen LogP contribution in [0.4, 0.5) is 13.2 Å². The lowest BCUT2D eigenvalue weighted by molar-refractivity contribution is -0.137. The third-order valence-corrected chi connectivity index (χ3v) is 1.99. The highest BCUT2D eigenvalue weighted by atomic mass is 19.4. The zero-order valence-corrected chi connectivity index (χ0v) is 7.96. The molecule has 1 nitrogen and oxygen atoms in total. The Morgan fingerprint density at radius 2 is 2.07 bits per heavy atom. The van der Waals surface area contributed by atoms with Crippen molar-refractivity contribution in [2.75, 3.05) is 0 Å². The summed E-state index contributed by atoms with van der Waals surface area (Å²) in [6.07, 6.45) is -3.60. The SMILES string of the molecule is C=CC[C@@H](O)c1cccc(C(F)(F)F)c1. The lowest BCUT2D eigenvalue weighted by atomic mass is 10.0. The molecule has 1 aromatic rings. The number of halogens is 3. The van der Waals surface area contributed by atoms with E-state index in [4.69, 9.17) is 0 Å². The highest BCUT2D eigenvalue weighted by Crippen LogP contribution is 2.31. The molecule has 0 aliphatic rings. The van der Waals surface area contributed by atoms with Crippen LogP contribution in [0, 0.1) is 0 Å². The average molecular weight is 216 g/mol. The fourth-order valence-corrected chi connectivity index (χ4v) is 1.22. The van der Waals surface area contributed by atoms with Crippen LogP contribution < -0.4 is 0 Å². The first-order chi connectivity index (χ1) is 6.95. The molecule has 15 heavy (non-hydrogen) atoms. The Bertz CT molecular complexity index is 344. The summed E-state index contributed by atoms with van der Waals surface area (Å²) in [5, 5.41) is 9.47. The monoisotopic (exact) mass is 216 g/mol. The third kappa shape index (κ3) is 3.09. The Kier molecular flexibility index (Phi) is 3.52. The molecular weight excluding hydrogens is 205 g/mol. The summed E-state index contributed by atoms with van der Waals surface area (Å²) < 4.78 is 36.9. The van der Waals surface area contributed by atoms with Crippen molar-refractivity contribution in [2.24, 2.45) is 0 Å². The van der Waals surface area contributed by atoms with Crippen LogP contribution in [0.3, 0.4) is 0 Å². The van der Waals surface area contributed by atoms with Gasteiger partial charge in [0.25, 0.3) is 0 Å². The Morgan fingerprint density at radius 1 is 1.40 bits per heavy atom. The van der Waals surface area contributed by atoms with E-state index >= 15 is 0 Å². The summed E-state index contributed by atoms with van der Waals surface area (Å²) in [6, 6.07) is 4.67. The van der Waals surface area contributed by atoms with Gasteiger partial charge in [0.1, 0.15) is 0 Å². The van der Waals surface area contributed by atoms with E-state index in [9.17, 15) is 18.3 Å². The molecule has 0 radical (unpaired) electrons. The van der Waals surface area contributed by atoms with Crippen LogP contribution in [-0.4, -0.2) is 5.11 Å². The normalized spacial score (nSPS) is 13.6. The van der Waals surface area contributed by atoms with Gasteiger partial charge in [-0.05, 0) is 24.1 Å². The molecule has 0 unspecified atom stereocenters. The molecule has 1 N–H and O–H groups in total. The minimum absolute atomic E-state index is 0.237. The first-order valence-electron chi connectivity index (χ1n) is 4.41. The average Bonchev–Trinajstić information content (AvgIpc) is 2.17. The highest BCUT2D eigenvalue weighted by molar-refractivity contribution is 5.27. The second kappa shape index (κ2) is 4.49. The third-order valence-electron chi connectivity index (χ3n) is 1.99. The first kappa shape index (κ1) is 11.8. The number of aliphatic hydroxyl groups is 1. The quantitative estimate of drug-likeness (QED) is 0.768. The fraction of sp³-hybridized carbons (Fsp3) is 0.273. The van der Waals surface area contributed by atoms with Crippen molar-refractivity contribution < 1.29 is 18.3 Å². The van der Waals surface area contributed by atoms with Crippen LogP contribution in [0.5, 0.6) is 0 Å². The first-order valence-corrected chi connectivity index (χ1v) is 4.41. The summed E-state index contributed by atoms with van der Waals surface area (Å²) in [5.41, 5.74) is -0.493. The van der Waals surface area contributed by atoms with Crippen molar-refractivity contribution in [2.45, 2.75) is 18.7 Å². The van der Waals surface area contributed by atoms with Gasteiger partial charge in [-0.2, -0.15) is 13.2 Å². The number of aliphatic hydroxyl groups excluding tert-OH is 1. The summed E-state index contributed by atoms with van der Waals surface area (Å²) in [7, 11) is 0. The molecule has 0 saturated heterocycles. The van der Waals surface area contributed by atoms with E-state index < -0.39 is 17.8 Å². The molecule has 1 rings (SSSR count). The summed E-state index contributed by atoms with van der Waals surface area (Å²) in [4.78, 5) is 0. The van der Waals surface area contributed by atoms with Crippen molar-refractivity contribution in [1.29, 1.82) is 0 Å². The molecule has 0 fully saturated rings. The Balaban J connectivity index is 2.97. The maximum Gasteiger partial charge on any atom is 0.416 e. The molecule has 0 aliphatic heterocycles. The second-order valence-electron chi connectivity index (χ2n) is 3.16. The fourth-order valence-electron chi connectivity index (χ4n) is 1.22. The predicted octanol–water partition coefficient (Wildman–Crippen LogP) is 3.31. The van der Waals surface area contributed by atoms with E-state index in [2.05, 4.69) is 6.58 Å². The molecule has 0 saturated carbocycles. The molecule has 0 amide bonds. The van der Waals surface area contributed by atoms with E-state index in [0.717, 1.165) is 12.1 Å². The Labute approximate surface area is 85.9 Å². The maximum absolute atomic E-state index is 12.3. The largest absolute Gasteiger partial charge is 0.416 e. The molecule has 1 atom stereocenters. The lowest BCUT2D eigenvalue weighted by Crippen LogP contribution is -2.06. The maximum atomic E-state index is 12.3. The van der Waals surface area contributed by atoms with Crippen LogP contribution in [0.2, 0.25) is 0 Å². The molecule has 0 bridgehead atoms. The molecule has 0 spiro atoms. The van der Waals surface area contributed by atoms with Gasteiger partial charge in [0.15, 0.2) is 0 Å². The van der Waals surface area contributed by atoms with E-state index in [1.165, 1.54) is 18.2 Å². The number of hydrogen-bond donors (Lipinski definition) is 1. The van der Waals surface area contributed by atoms with Gasteiger partial charge in [0.2, 0.25) is 0 Å². The zero-order valence-electron chi connectivity index (χ0n) is 7.96. The highest BCUT2D eigenvalue weighted by Gasteiger charge is 2.30. The van der Waals surface area contributed by atoms with Crippen LogP contribution in [-0.2, 0) is 6.18 Å². The minimum atomic E-state index is -4.37. The van der Waals surface area contributed by atoms with Gasteiger partial charge >= 0.3 is 6.18 Å². The number of hydrogen-bond acceptors (Lipinski definition) is 1. The predicted molar refractivity (Wildman–Crippen MR) is 51.2 cm³/mol. The van der Waals surface area contributed by atoms with Gasteiger partial charge in [-0.3, -0.25) is 0 Å². The Hall–Kier alpha value is -1.29. The summed E-state index contributed by atoms with van der Waals surface area (Å²) in [5.74, 6) is 0. The Morgan fingerprint density at radius 3 is 2.60 bits per heavy atom. The number of rotatable bonds is 3. The van der Waals surface area contributed by atoms with Crippen LogP contribution in [0.15, 0.2) is 36.9 Å². The van der Waals surface area contributed by atoms with Gasteiger partial charge in [-0.25, -0.2) is 0 Å². The van der Waals surface area contributed by atoms with Crippen molar-refractivity contribution in [3.8, 4) is 0 Å². The van der Waals surface area contributed by atoms with Gasteiger partial charge in [-0.15, -0.1) is 6.58 Å². The molecule has 0 heterocycles. The van der Waals surface area contributed by atoms with Crippen molar-refractivity contribution in [3.63, 3.8) is 0 Å². The molecular formula is C11H11F3O. The number of alkyl halides is 3. The minimum Gasteiger partial charge on any atom is -0.388 e. The molecule has 0 aromatic heterocycles. The van der Waals surface area contributed by atoms with E-state index in [1.807, 2.05) is 0 Å². The van der Waals surface area contributed by atoms with Crippen LogP contribution >= 0.6 is 0 Å². The zero-order chi connectivity index (χ0) is 11.5. The van der Waals surface area contributed by atoms with Crippen molar-refractivity contribution >= 4 is 0 Å². The topological polar surface area (TPSA) is 20.2 Å². The van der Waals surface area contributed by atoms with Crippen molar-refractivity contribution in [1.82, 2.24) is 0 Å². The van der Waals surface area contributed by atoms with Gasteiger partial charge in [0, 0.05) is 0 Å². The van der Waals surface area contributed by atoms with Crippen molar-refractivity contribution in [3.05, 3.63) is 48.0 Å². The summed E-state index contributed by atoms with van der Waals surface area (Å²) in [6.45, 7) is 3.42. The second-order valence-corrected chi connectivity index (χ2v) is 3.16. The number of benzene rings is 1. The van der Waals surface area contributed by atoms with Crippen LogP contribution in [0.25, 0.3) is 0 Å². The molecule has 1 aromatic carbocycles. The summed E-state index contributed by atoms with van der Waals surface area (Å²) >= 11 is 0. The van der Waals surface area contributed by atoms with E-state index in [0.29, 0.717) is 0 Å². The smallest absolute Gasteiger partial charge is 0.388 e. The van der Waals surface area contributed by atoms with Gasteiger partial charge in [-0.1, -0.05) is 18.2 Å². The van der Waals surface area contributed by atoms with Gasteiger partial charge in [0.05, 0.1) is 11.7 Å². The van der Waals surface area contributed by atoms with E-state index in [-0.39, 0.29) is 12.0 Å².